The Morgan fingerprint density at radius 2 is 2.07 bits per heavy atom. The lowest BCUT2D eigenvalue weighted by Gasteiger charge is -2.11. The number of aliphatic hydroxyl groups excluding tert-OH is 1. The van der Waals surface area contributed by atoms with Crippen LogP contribution in [0.25, 0.3) is 33.7 Å². The van der Waals surface area contributed by atoms with E-state index < -0.39 is 0 Å². The number of aromatic nitrogens is 3. The number of aliphatic hydroxyl groups is 1. The van der Waals surface area contributed by atoms with Gasteiger partial charge in [0.05, 0.1) is 16.6 Å². The van der Waals surface area contributed by atoms with Crippen molar-refractivity contribution in [2.24, 2.45) is 7.05 Å². The van der Waals surface area contributed by atoms with Crippen molar-refractivity contribution in [3.63, 3.8) is 0 Å². The van der Waals surface area contributed by atoms with Gasteiger partial charge in [0.25, 0.3) is 5.89 Å². The second-order valence-corrected chi connectivity index (χ2v) is 7.94. The number of ether oxygens (including phenoxy) is 1. The Labute approximate surface area is 180 Å². The monoisotopic (exact) mass is 425 g/mol. The fourth-order valence-electron chi connectivity index (χ4n) is 3.63. The summed E-state index contributed by atoms with van der Waals surface area (Å²) in [5.74, 6) is 1.54. The summed E-state index contributed by atoms with van der Waals surface area (Å²) in [6.45, 7) is 4.08. The minimum atomic E-state index is 0.0383. The third-order valence-corrected chi connectivity index (χ3v) is 5.19. The predicted octanol–water partition coefficient (Wildman–Crippen LogP) is 5.26. The maximum atomic E-state index is 9.17. The fourth-order valence-corrected chi connectivity index (χ4v) is 3.86. The number of halogens is 1. The molecule has 156 valence electrons. The first-order valence-corrected chi connectivity index (χ1v) is 10.3. The SMILES string of the molecule is CC(C)Oc1ccc(-c2nc(-c3cccc4c(CCCO)cn(C)c34)no2)cc1Cl. The largest absolute Gasteiger partial charge is 0.489 e. The lowest BCUT2D eigenvalue weighted by atomic mass is 10.1. The zero-order chi connectivity index (χ0) is 21.3. The van der Waals surface area contributed by atoms with Crippen LogP contribution >= 0.6 is 11.6 Å². The average Bonchev–Trinajstić information content (AvgIpc) is 3.33. The van der Waals surface area contributed by atoms with Gasteiger partial charge in [-0.05, 0) is 56.5 Å². The second-order valence-electron chi connectivity index (χ2n) is 7.53. The summed E-state index contributed by atoms with van der Waals surface area (Å²) in [4.78, 5) is 4.61. The van der Waals surface area contributed by atoms with E-state index in [1.54, 1.807) is 6.07 Å². The summed E-state index contributed by atoms with van der Waals surface area (Å²) in [5, 5.41) is 15.0. The van der Waals surface area contributed by atoms with E-state index in [4.69, 9.17) is 20.9 Å². The molecule has 6 nitrogen and oxygen atoms in total. The molecule has 0 bridgehead atoms. The molecule has 0 aliphatic rings. The Morgan fingerprint density at radius 3 is 2.80 bits per heavy atom. The lowest BCUT2D eigenvalue weighted by molar-refractivity contribution is 0.242. The fraction of sp³-hybridized carbons (Fsp3) is 0.304. The lowest BCUT2D eigenvalue weighted by Crippen LogP contribution is -2.05. The van der Waals surface area contributed by atoms with Crippen LogP contribution in [0.4, 0.5) is 0 Å². The van der Waals surface area contributed by atoms with Gasteiger partial charge in [-0.15, -0.1) is 0 Å². The molecule has 2 heterocycles. The molecule has 0 aliphatic heterocycles. The standard InChI is InChI=1S/C23H24ClN3O3/c1-14(2)29-20-10-9-15(12-19(20)24)23-25-22(26-30-23)18-8-4-7-17-16(6-5-11-28)13-27(3)21(17)18/h4,7-10,12-14,28H,5-6,11H2,1-3H3. The molecule has 1 N–H and O–H groups in total. The first-order valence-electron chi connectivity index (χ1n) is 9.96. The maximum Gasteiger partial charge on any atom is 0.258 e. The zero-order valence-electron chi connectivity index (χ0n) is 17.2. The Hall–Kier alpha value is -2.83. The molecule has 7 heteroatoms. The highest BCUT2D eigenvalue weighted by molar-refractivity contribution is 6.32. The molecule has 2 aromatic heterocycles. The zero-order valence-corrected chi connectivity index (χ0v) is 18.0. The molecule has 0 spiro atoms. The number of hydrogen-bond acceptors (Lipinski definition) is 5. The average molecular weight is 426 g/mol. The summed E-state index contributed by atoms with van der Waals surface area (Å²) in [6, 6.07) is 11.5. The van der Waals surface area contributed by atoms with Crippen molar-refractivity contribution < 1.29 is 14.4 Å². The molecule has 0 unspecified atom stereocenters. The number of para-hydroxylation sites is 1. The van der Waals surface area contributed by atoms with Gasteiger partial charge >= 0.3 is 0 Å². The Kier molecular flexibility index (Phi) is 5.79. The van der Waals surface area contributed by atoms with Crippen molar-refractivity contribution in [1.29, 1.82) is 0 Å². The molecule has 0 saturated heterocycles. The van der Waals surface area contributed by atoms with E-state index >= 15 is 0 Å². The van der Waals surface area contributed by atoms with E-state index in [9.17, 15) is 5.11 Å². The summed E-state index contributed by atoms with van der Waals surface area (Å²) in [6.07, 6.45) is 3.68. The molecular formula is C23H24ClN3O3. The van der Waals surface area contributed by atoms with Gasteiger partial charge in [0.2, 0.25) is 5.82 Å². The van der Waals surface area contributed by atoms with Crippen molar-refractivity contribution >= 4 is 22.5 Å². The predicted molar refractivity (Wildman–Crippen MR) is 118 cm³/mol. The maximum absolute atomic E-state index is 9.17. The molecule has 0 atom stereocenters. The Bertz CT molecular complexity index is 1180. The molecule has 0 radical (unpaired) electrons. The molecule has 4 aromatic rings. The van der Waals surface area contributed by atoms with Crippen LogP contribution in [-0.4, -0.2) is 32.5 Å². The van der Waals surface area contributed by atoms with Gasteiger partial charge in [-0.3, -0.25) is 0 Å². The topological polar surface area (TPSA) is 73.3 Å². The molecule has 0 amide bonds. The van der Waals surface area contributed by atoms with Gasteiger partial charge in [0.1, 0.15) is 5.75 Å². The normalized spacial score (nSPS) is 11.5. The van der Waals surface area contributed by atoms with Crippen LogP contribution in [0.15, 0.2) is 47.1 Å². The van der Waals surface area contributed by atoms with Gasteiger partial charge < -0.3 is 18.9 Å². The van der Waals surface area contributed by atoms with Gasteiger partial charge in [-0.2, -0.15) is 4.98 Å². The van der Waals surface area contributed by atoms with Crippen molar-refractivity contribution in [3.05, 3.63) is 53.2 Å². The van der Waals surface area contributed by atoms with Crippen LogP contribution in [0.1, 0.15) is 25.8 Å². The highest BCUT2D eigenvalue weighted by Crippen LogP contribution is 2.34. The number of nitrogens with zero attached hydrogens (tertiary/aromatic N) is 3. The molecule has 30 heavy (non-hydrogen) atoms. The summed E-state index contributed by atoms with van der Waals surface area (Å²) < 4.78 is 13.3. The highest BCUT2D eigenvalue weighted by atomic mass is 35.5. The quantitative estimate of drug-likeness (QED) is 0.437. The summed E-state index contributed by atoms with van der Waals surface area (Å²) >= 11 is 6.35. The van der Waals surface area contributed by atoms with Gasteiger partial charge in [0.15, 0.2) is 0 Å². The molecule has 0 aliphatic carbocycles. The van der Waals surface area contributed by atoms with E-state index in [1.807, 2.05) is 45.2 Å². The molecular weight excluding hydrogens is 402 g/mol. The smallest absolute Gasteiger partial charge is 0.258 e. The number of aryl methyl sites for hydroxylation is 2. The van der Waals surface area contributed by atoms with Gasteiger partial charge in [-0.25, -0.2) is 0 Å². The van der Waals surface area contributed by atoms with Crippen LogP contribution in [-0.2, 0) is 13.5 Å². The Balaban J connectivity index is 1.70. The van der Waals surface area contributed by atoms with Crippen LogP contribution < -0.4 is 4.74 Å². The highest BCUT2D eigenvalue weighted by Gasteiger charge is 2.17. The minimum absolute atomic E-state index is 0.0383. The van der Waals surface area contributed by atoms with Crippen LogP contribution in [0.5, 0.6) is 5.75 Å². The van der Waals surface area contributed by atoms with E-state index in [2.05, 4.69) is 27.0 Å². The van der Waals surface area contributed by atoms with Crippen molar-refractivity contribution in [1.82, 2.24) is 14.7 Å². The molecule has 0 saturated carbocycles. The summed E-state index contributed by atoms with van der Waals surface area (Å²) in [7, 11) is 2.00. The van der Waals surface area contributed by atoms with E-state index in [0.717, 1.165) is 34.9 Å². The molecule has 4 rings (SSSR count). The van der Waals surface area contributed by atoms with Crippen LogP contribution in [0.2, 0.25) is 5.02 Å². The minimum Gasteiger partial charge on any atom is -0.489 e. The van der Waals surface area contributed by atoms with Crippen molar-refractivity contribution in [2.45, 2.75) is 32.8 Å². The number of benzene rings is 2. The first-order chi connectivity index (χ1) is 14.5. The van der Waals surface area contributed by atoms with Gasteiger partial charge in [0, 0.05) is 36.4 Å². The van der Waals surface area contributed by atoms with Crippen LogP contribution in [0, 0.1) is 0 Å². The summed E-state index contributed by atoms with van der Waals surface area (Å²) in [5.41, 5.74) is 3.86. The van der Waals surface area contributed by atoms with Crippen molar-refractivity contribution in [3.8, 4) is 28.6 Å². The number of hydrogen-bond donors (Lipinski definition) is 1. The van der Waals surface area contributed by atoms with E-state index in [1.165, 1.54) is 5.56 Å². The van der Waals surface area contributed by atoms with E-state index in [0.29, 0.717) is 22.5 Å². The first kappa shape index (κ1) is 20.4. The molecule has 2 aromatic carbocycles. The molecule has 0 fully saturated rings. The van der Waals surface area contributed by atoms with Crippen molar-refractivity contribution in [2.75, 3.05) is 6.61 Å². The van der Waals surface area contributed by atoms with Crippen LogP contribution in [0.3, 0.4) is 0 Å². The third kappa shape index (κ3) is 3.93. The number of rotatable bonds is 7. The van der Waals surface area contributed by atoms with E-state index in [-0.39, 0.29) is 12.7 Å². The Morgan fingerprint density at radius 1 is 1.23 bits per heavy atom. The number of fused-ring (bicyclic) bond motifs is 1. The third-order valence-electron chi connectivity index (χ3n) is 4.90. The second kappa shape index (κ2) is 8.50. The van der Waals surface area contributed by atoms with Gasteiger partial charge in [-0.1, -0.05) is 28.9 Å².